The third-order valence-corrected chi connectivity index (χ3v) is 4.06. The summed E-state index contributed by atoms with van der Waals surface area (Å²) in [6.45, 7) is 8.38. The normalized spacial score (nSPS) is 16.5. The number of carbonyl (C=O) groups is 2. The minimum atomic E-state index is -0.518. The summed E-state index contributed by atoms with van der Waals surface area (Å²) < 4.78 is 10.7. The summed E-state index contributed by atoms with van der Waals surface area (Å²) >= 11 is 0. The molecule has 1 aromatic rings. The number of ketones is 1. The third-order valence-electron chi connectivity index (χ3n) is 4.06. The molecule has 1 saturated heterocycles. The van der Waals surface area contributed by atoms with E-state index in [0.717, 1.165) is 5.69 Å². The molecule has 2 rings (SSSR count). The van der Waals surface area contributed by atoms with E-state index >= 15 is 0 Å². The highest BCUT2D eigenvalue weighted by atomic mass is 16.6. The smallest absolute Gasteiger partial charge is 0.410 e. The highest BCUT2D eigenvalue weighted by molar-refractivity contribution is 6.20. The third kappa shape index (κ3) is 5.34. The van der Waals surface area contributed by atoms with Crippen LogP contribution < -0.4 is 0 Å². The minimum absolute atomic E-state index is 0.0266. The molecule has 7 nitrogen and oxygen atoms in total. The van der Waals surface area contributed by atoms with E-state index in [-0.39, 0.29) is 17.8 Å². The van der Waals surface area contributed by atoms with Crippen LogP contribution in [0, 0.1) is 12.8 Å². The number of allylic oxidation sites excluding steroid dienone is 1. The van der Waals surface area contributed by atoms with E-state index in [1.165, 1.54) is 0 Å². The van der Waals surface area contributed by atoms with Gasteiger partial charge >= 0.3 is 6.09 Å². The standard InChI is InChI=1S/C19H29N3O4/c1-13-11-16(26-20-13)15(12-21(5)6)17(23)14-7-9-22(10-8-14)18(24)25-19(2,3)4/h11-12,14H,7-10H2,1-6H3/b15-12+. The fourth-order valence-electron chi connectivity index (χ4n) is 2.87. The average molecular weight is 363 g/mol. The van der Waals surface area contributed by atoms with Gasteiger partial charge in [0.15, 0.2) is 11.5 Å². The van der Waals surface area contributed by atoms with Gasteiger partial charge in [0.2, 0.25) is 0 Å². The van der Waals surface area contributed by atoms with E-state index in [4.69, 9.17) is 9.26 Å². The Morgan fingerprint density at radius 3 is 2.38 bits per heavy atom. The van der Waals surface area contributed by atoms with Gasteiger partial charge in [-0.1, -0.05) is 5.16 Å². The van der Waals surface area contributed by atoms with Crippen molar-refractivity contribution >= 4 is 17.4 Å². The van der Waals surface area contributed by atoms with Crippen LogP contribution in [0.2, 0.25) is 0 Å². The molecular weight excluding hydrogens is 334 g/mol. The van der Waals surface area contributed by atoms with Gasteiger partial charge in [-0.2, -0.15) is 0 Å². The second-order valence-electron chi connectivity index (χ2n) is 7.94. The molecule has 7 heteroatoms. The fraction of sp³-hybridized carbons (Fsp3) is 0.632. The van der Waals surface area contributed by atoms with Crippen LogP contribution in [0.5, 0.6) is 0 Å². The highest BCUT2D eigenvalue weighted by Crippen LogP contribution is 2.27. The van der Waals surface area contributed by atoms with Crippen LogP contribution in [0.4, 0.5) is 4.79 Å². The van der Waals surface area contributed by atoms with Crippen molar-refractivity contribution in [1.82, 2.24) is 15.0 Å². The first-order chi connectivity index (χ1) is 12.1. The van der Waals surface area contributed by atoms with Crippen molar-refractivity contribution in [2.75, 3.05) is 27.2 Å². The quantitative estimate of drug-likeness (QED) is 0.765. The van der Waals surface area contributed by atoms with Crippen molar-refractivity contribution in [3.05, 3.63) is 23.7 Å². The van der Waals surface area contributed by atoms with Crippen LogP contribution in [0.3, 0.4) is 0 Å². The molecule has 1 aromatic heterocycles. The molecule has 0 atom stereocenters. The SMILES string of the molecule is Cc1cc(/C(=C\N(C)C)C(=O)C2CCN(C(=O)OC(C)(C)C)CC2)on1. The number of amides is 1. The van der Waals surface area contributed by atoms with Gasteiger partial charge in [0.25, 0.3) is 0 Å². The molecule has 26 heavy (non-hydrogen) atoms. The van der Waals surface area contributed by atoms with Gasteiger partial charge in [-0.15, -0.1) is 0 Å². The van der Waals surface area contributed by atoms with Crippen molar-refractivity contribution in [3.63, 3.8) is 0 Å². The van der Waals surface area contributed by atoms with Crippen LogP contribution >= 0.6 is 0 Å². The van der Waals surface area contributed by atoms with Crippen LogP contribution in [0.15, 0.2) is 16.8 Å². The monoisotopic (exact) mass is 363 g/mol. The Hall–Kier alpha value is -2.31. The lowest BCUT2D eigenvalue weighted by molar-refractivity contribution is -0.118. The zero-order valence-corrected chi connectivity index (χ0v) is 16.5. The molecule has 0 spiro atoms. The molecular formula is C19H29N3O4. The molecule has 1 fully saturated rings. The maximum absolute atomic E-state index is 13.0. The fourth-order valence-corrected chi connectivity index (χ4v) is 2.87. The van der Waals surface area contributed by atoms with E-state index in [1.807, 2.05) is 46.7 Å². The summed E-state index contributed by atoms with van der Waals surface area (Å²) in [6, 6.07) is 1.77. The van der Waals surface area contributed by atoms with E-state index < -0.39 is 5.60 Å². The molecule has 0 bridgehead atoms. The highest BCUT2D eigenvalue weighted by Gasteiger charge is 2.32. The molecule has 2 heterocycles. The number of piperidine rings is 1. The van der Waals surface area contributed by atoms with Crippen molar-refractivity contribution in [2.24, 2.45) is 5.92 Å². The second kappa shape index (κ2) is 7.93. The summed E-state index contributed by atoms with van der Waals surface area (Å²) in [5.74, 6) is 0.361. The van der Waals surface area contributed by atoms with Gasteiger partial charge in [0.1, 0.15) is 5.60 Å². The Morgan fingerprint density at radius 1 is 1.31 bits per heavy atom. The van der Waals surface area contributed by atoms with E-state index in [0.29, 0.717) is 37.3 Å². The van der Waals surface area contributed by atoms with Gasteiger partial charge in [-0.25, -0.2) is 4.79 Å². The van der Waals surface area contributed by atoms with Gasteiger partial charge in [0, 0.05) is 45.4 Å². The maximum Gasteiger partial charge on any atom is 0.410 e. The van der Waals surface area contributed by atoms with Crippen LogP contribution in [0.1, 0.15) is 45.1 Å². The summed E-state index contributed by atoms with van der Waals surface area (Å²) in [5.41, 5.74) is 0.735. The molecule has 144 valence electrons. The molecule has 1 aliphatic heterocycles. The number of aromatic nitrogens is 1. The van der Waals surface area contributed by atoms with Crippen LogP contribution in [-0.2, 0) is 9.53 Å². The Morgan fingerprint density at radius 2 is 1.92 bits per heavy atom. The van der Waals surface area contributed by atoms with E-state index in [1.54, 1.807) is 17.2 Å². The zero-order valence-electron chi connectivity index (χ0n) is 16.5. The largest absolute Gasteiger partial charge is 0.444 e. The Bertz CT molecular complexity index is 677. The topological polar surface area (TPSA) is 75.9 Å². The van der Waals surface area contributed by atoms with Crippen molar-refractivity contribution in [1.29, 1.82) is 0 Å². The number of nitrogens with zero attached hydrogens (tertiary/aromatic N) is 3. The van der Waals surface area contributed by atoms with Gasteiger partial charge < -0.3 is 19.1 Å². The summed E-state index contributed by atoms with van der Waals surface area (Å²) in [4.78, 5) is 28.7. The Labute approximate surface area is 154 Å². The van der Waals surface area contributed by atoms with E-state index in [9.17, 15) is 9.59 Å². The summed E-state index contributed by atoms with van der Waals surface area (Å²) in [7, 11) is 3.73. The number of hydrogen-bond acceptors (Lipinski definition) is 6. The predicted molar refractivity (Wildman–Crippen MR) is 98.4 cm³/mol. The first kappa shape index (κ1) is 20.0. The first-order valence-corrected chi connectivity index (χ1v) is 8.91. The van der Waals surface area contributed by atoms with Crippen LogP contribution in [0.25, 0.3) is 5.57 Å². The lowest BCUT2D eigenvalue weighted by Gasteiger charge is -2.33. The van der Waals surface area contributed by atoms with Gasteiger partial charge in [-0.05, 0) is 40.5 Å². The number of aryl methyl sites for hydroxylation is 1. The molecule has 0 unspecified atom stereocenters. The lowest BCUT2D eigenvalue weighted by atomic mass is 9.88. The van der Waals surface area contributed by atoms with Gasteiger partial charge in [-0.3, -0.25) is 4.79 Å². The van der Waals surface area contributed by atoms with Crippen LogP contribution in [-0.4, -0.2) is 59.6 Å². The number of likely N-dealkylation sites (tertiary alicyclic amines) is 1. The predicted octanol–water partition coefficient (Wildman–Crippen LogP) is 3.10. The molecule has 1 amide bonds. The molecule has 0 N–H and O–H groups in total. The molecule has 0 aromatic carbocycles. The summed E-state index contributed by atoms with van der Waals surface area (Å²) in [5, 5.41) is 3.89. The Kier molecular flexibility index (Phi) is 6.10. The number of Topliss-reactive ketones (excluding diaryl/α,β-unsaturated/α-hetero) is 1. The Balaban J connectivity index is 2.05. The lowest BCUT2D eigenvalue weighted by Crippen LogP contribution is -2.43. The molecule has 0 aliphatic carbocycles. The van der Waals surface area contributed by atoms with Gasteiger partial charge in [0.05, 0.1) is 11.3 Å². The molecule has 0 saturated carbocycles. The van der Waals surface area contributed by atoms with Crippen molar-refractivity contribution < 1.29 is 18.8 Å². The average Bonchev–Trinajstić information content (AvgIpc) is 2.96. The number of hydrogen-bond donors (Lipinski definition) is 0. The molecule has 0 radical (unpaired) electrons. The summed E-state index contributed by atoms with van der Waals surface area (Å²) in [6.07, 6.45) is 2.66. The zero-order chi connectivity index (χ0) is 19.5. The van der Waals surface area contributed by atoms with Crippen molar-refractivity contribution in [2.45, 2.75) is 46.1 Å². The number of ether oxygens (including phenoxy) is 1. The van der Waals surface area contributed by atoms with E-state index in [2.05, 4.69) is 5.16 Å². The second-order valence-corrected chi connectivity index (χ2v) is 7.94. The minimum Gasteiger partial charge on any atom is -0.444 e. The first-order valence-electron chi connectivity index (χ1n) is 8.91. The molecule has 1 aliphatic rings. The maximum atomic E-state index is 13.0. The van der Waals surface area contributed by atoms with Crippen molar-refractivity contribution in [3.8, 4) is 0 Å². The number of carbonyl (C=O) groups excluding carboxylic acids is 2. The number of rotatable bonds is 4.